The van der Waals surface area contributed by atoms with Crippen LogP contribution in [0.15, 0.2) is 24.3 Å². The highest BCUT2D eigenvalue weighted by atomic mass is 16.3. The maximum absolute atomic E-state index is 11.4. The van der Waals surface area contributed by atoms with Crippen molar-refractivity contribution in [2.75, 3.05) is 11.9 Å². The second-order valence-electron chi connectivity index (χ2n) is 3.71. The molecule has 0 heterocycles. The lowest BCUT2D eigenvalue weighted by atomic mass is 10.1. The first-order valence-electron chi connectivity index (χ1n) is 5.30. The normalized spacial score (nSPS) is 11.4. The van der Waals surface area contributed by atoms with Crippen LogP contribution in [0.5, 0.6) is 0 Å². The lowest BCUT2D eigenvalue weighted by Crippen LogP contribution is -2.38. The summed E-state index contributed by atoms with van der Waals surface area (Å²) >= 11 is 0. The van der Waals surface area contributed by atoms with Crippen LogP contribution in [0.1, 0.15) is 12.5 Å². The Labute approximate surface area is 100 Å². The average molecular weight is 233 g/mol. The number of nitrogens with one attached hydrogen (secondary N) is 2. The zero-order valence-corrected chi connectivity index (χ0v) is 9.60. The van der Waals surface area contributed by atoms with Crippen LogP contribution in [-0.4, -0.2) is 23.8 Å². The molecule has 0 aliphatic heterocycles. The predicted octanol–water partition coefficient (Wildman–Crippen LogP) is 1.25. The molecule has 0 aliphatic carbocycles. The van der Waals surface area contributed by atoms with E-state index in [1.165, 1.54) is 0 Å². The Hall–Kier alpha value is -2.06. The van der Waals surface area contributed by atoms with E-state index in [9.17, 15) is 4.79 Å². The highest BCUT2D eigenvalue weighted by molar-refractivity contribution is 5.89. The summed E-state index contributed by atoms with van der Waals surface area (Å²) in [4.78, 5) is 11.4. The third-order valence-electron chi connectivity index (χ3n) is 2.15. The number of nitrogens with zero attached hydrogens (tertiary/aromatic N) is 1. The molecule has 5 nitrogen and oxygen atoms in total. The maximum Gasteiger partial charge on any atom is 0.319 e. The van der Waals surface area contributed by atoms with Gasteiger partial charge >= 0.3 is 6.03 Å². The van der Waals surface area contributed by atoms with Gasteiger partial charge in [0.25, 0.3) is 0 Å². The number of aliphatic hydroxyl groups excluding tert-OH is 1. The second-order valence-corrected chi connectivity index (χ2v) is 3.71. The molecule has 0 fully saturated rings. The van der Waals surface area contributed by atoms with Crippen molar-refractivity contribution in [3.05, 3.63) is 29.8 Å². The van der Waals surface area contributed by atoms with E-state index in [1.807, 2.05) is 0 Å². The molecule has 0 radical (unpaired) electrons. The molecule has 2 amide bonds. The summed E-state index contributed by atoms with van der Waals surface area (Å²) in [5.74, 6) is 0. The zero-order valence-electron chi connectivity index (χ0n) is 9.60. The van der Waals surface area contributed by atoms with Crippen LogP contribution in [0.3, 0.4) is 0 Å². The largest absolute Gasteiger partial charge is 0.394 e. The van der Waals surface area contributed by atoms with Gasteiger partial charge in [-0.15, -0.1) is 0 Å². The molecule has 17 heavy (non-hydrogen) atoms. The van der Waals surface area contributed by atoms with Crippen molar-refractivity contribution < 1.29 is 9.90 Å². The van der Waals surface area contributed by atoms with Gasteiger partial charge in [-0.25, -0.2) is 4.79 Å². The fraction of sp³-hybridized carbons (Fsp3) is 0.333. The zero-order chi connectivity index (χ0) is 12.7. The molecular weight excluding hydrogens is 218 g/mol. The molecule has 0 unspecified atom stereocenters. The van der Waals surface area contributed by atoms with Crippen molar-refractivity contribution in [1.82, 2.24) is 5.32 Å². The van der Waals surface area contributed by atoms with E-state index in [-0.39, 0.29) is 18.7 Å². The van der Waals surface area contributed by atoms with Gasteiger partial charge in [-0.05, 0) is 24.6 Å². The molecule has 0 saturated carbocycles. The molecular formula is C12H15N3O2. The van der Waals surface area contributed by atoms with Crippen LogP contribution in [0.25, 0.3) is 0 Å². The monoisotopic (exact) mass is 233 g/mol. The fourth-order valence-corrected chi connectivity index (χ4v) is 1.23. The van der Waals surface area contributed by atoms with E-state index >= 15 is 0 Å². The molecule has 0 aliphatic rings. The molecule has 1 aromatic rings. The average Bonchev–Trinajstić information content (AvgIpc) is 2.31. The number of aliphatic hydroxyl groups is 1. The Morgan fingerprint density at radius 2 is 2.12 bits per heavy atom. The Morgan fingerprint density at radius 1 is 1.47 bits per heavy atom. The van der Waals surface area contributed by atoms with Gasteiger partial charge in [0, 0.05) is 5.69 Å². The van der Waals surface area contributed by atoms with Gasteiger partial charge in [0.2, 0.25) is 0 Å². The van der Waals surface area contributed by atoms with Crippen molar-refractivity contribution >= 4 is 11.7 Å². The predicted molar refractivity (Wildman–Crippen MR) is 64.5 cm³/mol. The van der Waals surface area contributed by atoms with E-state index in [1.54, 1.807) is 31.2 Å². The smallest absolute Gasteiger partial charge is 0.319 e. The fourth-order valence-electron chi connectivity index (χ4n) is 1.23. The van der Waals surface area contributed by atoms with Crippen LogP contribution in [0, 0.1) is 11.3 Å². The lowest BCUT2D eigenvalue weighted by molar-refractivity contribution is 0.229. The number of hydrogen-bond donors (Lipinski definition) is 3. The quantitative estimate of drug-likeness (QED) is 0.731. The standard InChI is InChI=1S/C12H15N3O2/c1-9(8-16)14-12(17)15-11-4-2-10(3-5-11)6-7-13/h2-5,9,16H,6,8H2,1H3,(H2,14,15,17)/t9-/m1/s1. The summed E-state index contributed by atoms with van der Waals surface area (Å²) in [5.41, 5.74) is 1.55. The second kappa shape index (κ2) is 6.51. The van der Waals surface area contributed by atoms with Crippen molar-refractivity contribution in [2.24, 2.45) is 0 Å². The topological polar surface area (TPSA) is 85.2 Å². The molecule has 0 bridgehead atoms. The summed E-state index contributed by atoms with van der Waals surface area (Å²) < 4.78 is 0. The van der Waals surface area contributed by atoms with Gasteiger partial charge < -0.3 is 15.7 Å². The van der Waals surface area contributed by atoms with Gasteiger partial charge in [0.05, 0.1) is 25.1 Å². The minimum Gasteiger partial charge on any atom is -0.394 e. The number of anilines is 1. The number of hydrogen-bond acceptors (Lipinski definition) is 3. The van der Waals surface area contributed by atoms with E-state index in [4.69, 9.17) is 10.4 Å². The molecule has 3 N–H and O–H groups in total. The molecule has 1 atom stereocenters. The minimum atomic E-state index is -0.361. The number of benzene rings is 1. The van der Waals surface area contributed by atoms with Gasteiger partial charge in [0.15, 0.2) is 0 Å². The van der Waals surface area contributed by atoms with Crippen LogP contribution < -0.4 is 10.6 Å². The Bertz CT molecular complexity index is 409. The first-order valence-corrected chi connectivity index (χ1v) is 5.30. The van der Waals surface area contributed by atoms with E-state index < -0.39 is 0 Å². The summed E-state index contributed by atoms with van der Waals surface area (Å²) in [6, 6.07) is 8.44. The number of urea groups is 1. The van der Waals surface area contributed by atoms with Crippen LogP contribution >= 0.6 is 0 Å². The third kappa shape index (κ3) is 4.53. The Morgan fingerprint density at radius 3 is 2.65 bits per heavy atom. The SMILES string of the molecule is C[C@H](CO)NC(=O)Nc1ccc(CC#N)cc1. The number of carbonyl (C=O) groups is 1. The maximum atomic E-state index is 11.4. The number of carbonyl (C=O) groups excluding carboxylic acids is 1. The molecule has 0 spiro atoms. The molecule has 1 aromatic carbocycles. The Kier molecular flexibility index (Phi) is 4.98. The van der Waals surface area contributed by atoms with Crippen LogP contribution in [0.2, 0.25) is 0 Å². The van der Waals surface area contributed by atoms with Gasteiger partial charge in [-0.3, -0.25) is 0 Å². The highest BCUT2D eigenvalue weighted by Crippen LogP contribution is 2.09. The van der Waals surface area contributed by atoms with Crippen LogP contribution in [0.4, 0.5) is 10.5 Å². The van der Waals surface area contributed by atoms with Gasteiger partial charge in [-0.1, -0.05) is 12.1 Å². The highest BCUT2D eigenvalue weighted by Gasteiger charge is 2.05. The summed E-state index contributed by atoms with van der Waals surface area (Å²) in [7, 11) is 0. The number of nitriles is 1. The molecule has 5 heteroatoms. The number of rotatable bonds is 4. The third-order valence-corrected chi connectivity index (χ3v) is 2.15. The summed E-state index contributed by atoms with van der Waals surface area (Å²) in [6.45, 7) is 1.60. The lowest BCUT2D eigenvalue weighted by Gasteiger charge is -2.12. The minimum absolute atomic E-state index is 0.103. The van der Waals surface area contributed by atoms with E-state index in [0.717, 1.165) is 5.56 Å². The molecule has 1 rings (SSSR count). The number of amides is 2. The first-order chi connectivity index (χ1) is 8.15. The van der Waals surface area contributed by atoms with Crippen molar-refractivity contribution in [1.29, 1.82) is 5.26 Å². The summed E-state index contributed by atoms with van der Waals surface area (Å²) in [6.07, 6.45) is 0.355. The van der Waals surface area contributed by atoms with Crippen molar-refractivity contribution in [3.63, 3.8) is 0 Å². The van der Waals surface area contributed by atoms with E-state index in [0.29, 0.717) is 12.1 Å². The molecule has 0 saturated heterocycles. The van der Waals surface area contributed by atoms with Crippen LogP contribution in [-0.2, 0) is 6.42 Å². The van der Waals surface area contributed by atoms with Crippen molar-refractivity contribution in [3.8, 4) is 6.07 Å². The first kappa shape index (κ1) is 13.0. The Balaban J connectivity index is 2.52. The van der Waals surface area contributed by atoms with Crippen molar-refractivity contribution in [2.45, 2.75) is 19.4 Å². The van der Waals surface area contributed by atoms with Gasteiger partial charge in [0.1, 0.15) is 0 Å². The van der Waals surface area contributed by atoms with Gasteiger partial charge in [-0.2, -0.15) is 5.26 Å². The van der Waals surface area contributed by atoms with E-state index in [2.05, 4.69) is 16.7 Å². The molecule has 90 valence electrons. The summed E-state index contributed by atoms with van der Waals surface area (Å²) in [5, 5.41) is 22.5. The molecule has 0 aromatic heterocycles.